The Labute approximate surface area is 120 Å². The van der Waals surface area contributed by atoms with E-state index < -0.39 is 5.97 Å². The number of ether oxygens (including phenoxy) is 1. The summed E-state index contributed by atoms with van der Waals surface area (Å²) in [6.45, 7) is 6.25. The fourth-order valence-corrected chi connectivity index (χ4v) is 2.83. The maximum atomic E-state index is 10.7. The van der Waals surface area contributed by atoms with Crippen molar-refractivity contribution in [1.82, 2.24) is 4.90 Å². The highest BCUT2D eigenvalue weighted by atomic mass is 16.5. The standard InChI is InChI=1S/C16H23NO3/c1-12(2)17-8-4-6-14(17)11-20-15-7-3-5-13(9-15)10-16(18)19/h3,5,7,9,12,14H,4,6,8,10-11H2,1-2H3,(H,18,19)/t14-/m0/s1. The molecule has 1 saturated heterocycles. The van der Waals surface area contributed by atoms with Crippen LogP contribution in [0.3, 0.4) is 0 Å². The van der Waals surface area contributed by atoms with E-state index in [2.05, 4.69) is 18.7 Å². The first-order valence-corrected chi connectivity index (χ1v) is 7.25. The van der Waals surface area contributed by atoms with Crippen LogP contribution >= 0.6 is 0 Å². The van der Waals surface area contributed by atoms with Gasteiger partial charge in [-0.3, -0.25) is 9.69 Å². The van der Waals surface area contributed by atoms with Crippen molar-refractivity contribution in [2.45, 2.75) is 45.2 Å². The molecule has 1 aromatic carbocycles. The molecule has 0 bridgehead atoms. The highest BCUT2D eigenvalue weighted by molar-refractivity contribution is 5.70. The van der Waals surface area contributed by atoms with Gasteiger partial charge in [0.1, 0.15) is 12.4 Å². The van der Waals surface area contributed by atoms with Crippen LogP contribution in [0.2, 0.25) is 0 Å². The van der Waals surface area contributed by atoms with Crippen molar-refractivity contribution < 1.29 is 14.6 Å². The van der Waals surface area contributed by atoms with Crippen LogP contribution in [-0.4, -0.2) is 41.2 Å². The lowest BCUT2D eigenvalue weighted by Gasteiger charge is -2.28. The van der Waals surface area contributed by atoms with Crippen LogP contribution in [0.1, 0.15) is 32.3 Å². The van der Waals surface area contributed by atoms with Crippen molar-refractivity contribution in [1.29, 1.82) is 0 Å². The second-order valence-corrected chi connectivity index (χ2v) is 5.66. The summed E-state index contributed by atoms with van der Waals surface area (Å²) in [4.78, 5) is 13.2. The van der Waals surface area contributed by atoms with E-state index >= 15 is 0 Å². The summed E-state index contributed by atoms with van der Waals surface area (Å²) < 4.78 is 5.86. The Kier molecular flexibility index (Phi) is 5.01. The van der Waals surface area contributed by atoms with Gasteiger partial charge < -0.3 is 9.84 Å². The molecule has 0 spiro atoms. The van der Waals surface area contributed by atoms with E-state index in [0.717, 1.165) is 17.9 Å². The Morgan fingerprint density at radius 2 is 2.30 bits per heavy atom. The summed E-state index contributed by atoms with van der Waals surface area (Å²) in [7, 11) is 0. The monoisotopic (exact) mass is 277 g/mol. The van der Waals surface area contributed by atoms with Crippen LogP contribution < -0.4 is 4.74 Å². The molecule has 1 heterocycles. The van der Waals surface area contributed by atoms with E-state index in [1.54, 1.807) is 0 Å². The van der Waals surface area contributed by atoms with Gasteiger partial charge in [-0.15, -0.1) is 0 Å². The summed E-state index contributed by atoms with van der Waals surface area (Å²) in [5.74, 6) is -0.0525. The van der Waals surface area contributed by atoms with E-state index in [1.807, 2.05) is 24.3 Å². The molecule has 0 aromatic heterocycles. The lowest BCUT2D eigenvalue weighted by Crippen LogP contribution is -2.39. The molecule has 2 rings (SSSR count). The maximum absolute atomic E-state index is 10.7. The van der Waals surface area contributed by atoms with Crippen molar-refractivity contribution in [3.05, 3.63) is 29.8 Å². The number of carbonyl (C=O) groups is 1. The third kappa shape index (κ3) is 3.97. The third-order valence-corrected chi connectivity index (χ3v) is 3.78. The van der Waals surface area contributed by atoms with E-state index in [4.69, 9.17) is 9.84 Å². The number of carboxylic acids is 1. The predicted octanol–water partition coefficient (Wildman–Crippen LogP) is 2.57. The lowest BCUT2D eigenvalue weighted by atomic mass is 10.1. The second-order valence-electron chi connectivity index (χ2n) is 5.66. The SMILES string of the molecule is CC(C)N1CCC[C@H]1COc1cccc(CC(=O)O)c1. The Morgan fingerprint density at radius 3 is 3.00 bits per heavy atom. The smallest absolute Gasteiger partial charge is 0.307 e. The Morgan fingerprint density at radius 1 is 1.50 bits per heavy atom. The normalized spacial score (nSPS) is 19.4. The van der Waals surface area contributed by atoms with Crippen molar-refractivity contribution in [2.24, 2.45) is 0 Å². The molecule has 1 aliphatic heterocycles. The van der Waals surface area contributed by atoms with Gasteiger partial charge in [0, 0.05) is 12.1 Å². The van der Waals surface area contributed by atoms with Crippen molar-refractivity contribution in [3.8, 4) is 5.75 Å². The molecule has 0 aliphatic carbocycles. The largest absolute Gasteiger partial charge is 0.492 e. The number of hydrogen-bond acceptors (Lipinski definition) is 3. The Balaban J connectivity index is 1.92. The van der Waals surface area contributed by atoms with E-state index in [0.29, 0.717) is 18.7 Å². The first-order valence-electron chi connectivity index (χ1n) is 7.25. The first-order chi connectivity index (χ1) is 9.56. The van der Waals surface area contributed by atoms with Gasteiger partial charge in [0.2, 0.25) is 0 Å². The van der Waals surface area contributed by atoms with Crippen molar-refractivity contribution >= 4 is 5.97 Å². The molecule has 1 atom stereocenters. The first kappa shape index (κ1) is 14.9. The minimum atomic E-state index is -0.816. The van der Waals surface area contributed by atoms with Gasteiger partial charge in [-0.1, -0.05) is 12.1 Å². The van der Waals surface area contributed by atoms with Gasteiger partial charge in [-0.2, -0.15) is 0 Å². The molecule has 20 heavy (non-hydrogen) atoms. The molecule has 110 valence electrons. The summed E-state index contributed by atoms with van der Waals surface area (Å²) in [6.07, 6.45) is 2.44. The predicted molar refractivity (Wildman–Crippen MR) is 78.1 cm³/mol. The molecular formula is C16H23NO3. The molecule has 0 amide bonds. The molecule has 4 heteroatoms. The quantitative estimate of drug-likeness (QED) is 0.868. The number of hydrogen-bond donors (Lipinski definition) is 1. The number of rotatable bonds is 6. The van der Waals surface area contributed by atoms with Gasteiger partial charge in [0.25, 0.3) is 0 Å². The number of aliphatic carboxylic acids is 1. The van der Waals surface area contributed by atoms with E-state index in [-0.39, 0.29) is 6.42 Å². The average Bonchev–Trinajstić information content (AvgIpc) is 2.84. The summed E-state index contributed by atoms with van der Waals surface area (Å²) in [5, 5.41) is 8.81. The minimum Gasteiger partial charge on any atom is -0.492 e. The van der Waals surface area contributed by atoms with Gasteiger partial charge in [-0.25, -0.2) is 0 Å². The highest BCUT2D eigenvalue weighted by Gasteiger charge is 2.26. The molecule has 1 aromatic rings. The molecule has 1 fully saturated rings. The van der Waals surface area contributed by atoms with Crippen LogP contribution in [0, 0.1) is 0 Å². The summed E-state index contributed by atoms with van der Waals surface area (Å²) in [6, 6.07) is 8.39. The lowest BCUT2D eigenvalue weighted by molar-refractivity contribution is -0.136. The summed E-state index contributed by atoms with van der Waals surface area (Å²) >= 11 is 0. The zero-order valence-electron chi connectivity index (χ0n) is 12.2. The van der Waals surface area contributed by atoms with Gasteiger partial charge in [-0.05, 0) is 50.9 Å². The molecule has 1 aliphatic rings. The van der Waals surface area contributed by atoms with Crippen LogP contribution in [0.15, 0.2) is 24.3 Å². The average molecular weight is 277 g/mol. The number of carboxylic acid groups (broad SMARTS) is 1. The maximum Gasteiger partial charge on any atom is 0.307 e. The third-order valence-electron chi connectivity index (χ3n) is 3.78. The van der Waals surface area contributed by atoms with E-state index in [1.165, 1.54) is 12.8 Å². The molecule has 0 unspecified atom stereocenters. The van der Waals surface area contributed by atoms with Crippen molar-refractivity contribution in [2.75, 3.05) is 13.2 Å². The fraction of sp³-hybridized carbons (Fsp3) is 0.562. The van der Waals surface area contributed by atoms with Gasteiger partial charge in [0.05, 0.1) is 6.42 Å². The highest BCUT2D eigenvalue weighted by Crippen LogP contribution is 2.22. The molecule has 4 nitrogen and oxygen atoms in total. The van der Waals surface area contributed by atoms with Crippen molar-refractivity contribution in [3.63, 3.8) is 0 Å². The van der Waals surface area contributed by atoms with Crippen LogP contribution in [0.5, 0.6) is 5.75 Å². The number of nitrogens with zero attached hydrogens (tertiary/aromatic N) is 1. The fourth-order valence-electron chi connectivity index (χ4n) is 2.83. The Hall–Kier alpha value is -1.55. The van der Waals surface area contributed by atoms with Gasteiger partial charge >= 0.3 is 5.97 Å². The molecule has 1 N–H and O–H groups in total. The number of likely N-dealkylation sites (tertiary alicyclic amines) is 1. The number of benzene rings is 1. The molecular weight excluding hydrogens is 254 g/mol. The summed E-state index contributed by atoms with van der Waals surface area (Å²) in [5.41, 5.74) is 0.780. The topological polar surface area (TPSA) is 49.8 Å². The minimum absolute atomic E-state index is 0.0404. The van der Waals surface area contributed by atoms with Crippen LogP contribution in [0.4, 0.5) is 0 Å². The second kappa shape index (κ2) is 6.75. The van der Waals surface area contributed by atoms with Crippen LogP contribution in [-0.2, 0) is 11.2 Å². The van der Waals surface area contributed by atoms with E-state index in [9.17, 15) is 4.79 Å². The molecule has 0 saturated carbocycles. The van der Waals surface area contributed by atoms with Crippen LogP contribution in [0.25, 0.3) is 0 Å². The zero-order valence-corrected chi connectivity index (χ0v) is 12.2. The zero-order chi connectivity index (χ0) is 14.5. The molecule has 0 radical (unpaired) electrons. The van der Waals surface area contributed by atoms with Gasteiger partial charge in [0.15, 0.2) is 0 Å². The Bertz CT molecular complexity index is 459.